The van der Waals surface area contributed by atoms with E-state index in [9.17, 15) is 4.79 Å². The van der Waals surface area contributed by atoms with E-state index < -0.39 is 0 Å². The van der Waals surface area contributed by atoms with Crippen molar-refractivity contribution in [2.75, 3.05) is 38.6 Å². The number of amides is 1. The van der Waals surface area contributed by atoms with E-state index in [1.54, 1.807) is 18.4 Å². The standard InChI is InChI=1S/C29H29N5O2S/c1-18-14-20-17-31-29(32-21-7-5-6-19(15-21)22-8-3-4-9-24(22)36-2)33-26(20)23-16-25(37-27(18)23)28(35)34-12-10-30-11-13-34/h3-9,15-18,30H,10-14H2,1-2H3,(H,31,32,33). The average molecular weight is 512 g/mol. The number of anilines is 2. The first-order chi connectivity index (χ1) is 18.1. The van der Waals surface area contributed by atoms with Crippen LogP contribution in [0.1, 0.15) is 33.0 Å². The summed E-state index contributed by atoms with van der Waals surface area (Å²) in [6, 6.07) is 18.2. The SMILES string of the molecule is COc1ccccc1-c1cccc(Nc2ncc3c(n2)-c2cc(C(=O)N4CCNCC4)sc2C(C)C3)c1. The van der Waals surface area contributed by atoms with Crippen LogP contribution in [0.2, 0.25) is 0 Å². The smallest absolute Gasteiger partial charge is 0.264 e. The Hall–Kier alpha value is -3.75. The van der Waals surface area contributed by atoms with Gasteiger partial charge >= 0.3 is 0 Å². The summed E-state index contributed by atoms with van der Waals surface area (Å²) in [6.45, 7) is 5.40. The van der Waals surface area contributed by atoms with Crippen LogP contribution < -0.4 is 15.4 Å². The van der Waals surface area contributed by atoms with Gasteiger partial charge in [-0.05, 0) is 47.7 Å². The number of piperazine rings is 1. The molecule has 0 bridgehead atoms. The molecule has 188 valence electrons. The second-order valence-electron chi connectivity index (χ2n) is 9.51. The third kappa shape index (κ3) is 4.58. The van der Waals surface area contributed by atoms with Crippen molar-refractivity contribution in [2.24, 2.45) is 0 Å². The zero-order valence-electron chi connectivity index (χ0n) is 21.0. The third-order valence-electron chi connectivity index (χ3n) is 7.01. The normalized spacial score (nSPS) is 16.6. The van der Waals surface area contributed by atoms with Crippen molar-refractivity contribution in [2.45, 2.75) is 19.3 Å². The predicted molar refractivity (Wildman–Crippen MR) is 148 cm³/mol. The summed E-state index contributed by atoms with van der Waals surface area (Å²) >= 11 is 1.62. The number of fused-ring (bicyclic) bond motifs is 3. The van der Waals surface area contributed by atoms with Gasteiger partial charge in [0.05, 0.1) is 17.7 Å². The molecule has 0 saturated carbocycles. The molecular formula is C29H29N5O2S. The Kier molecular flexibility index (Phi) is 6.36. The van der Waals surface area contributed by atoms with E-state index in [0.717, 1.165) is 76.9 Å². The fourth-order valence-corrected chi connectivity index (χ4v) is 6.31. The lowest BCUT2D eigenvalue weighted by Crippen LogP contribution is -2.46. The molecule has 1 amide bonds. The molecular weight excluding hydrogens is 482 g/mol. The van der Waals surface area contributed by atoms with E-state index in [4.69, 9.17) is 9.72 Å². The Labute approximate surface area is 220 Å². The molecule has 2 N–H and O–H groups in total. The number of benzene rings is 2. The first-order valence-electron chi connectivity index (χ1n) is 12.6. The topological polar surface area (TPSA) is 79.4 Å². The molecule has 1 aliphatic carbocycles. The number of hydrogen-bond donors (Lipinski definition) is 2. The molecule has 1 unspecified atom stereocenters. The maximum absolute atomic E-state index is 13.2. The average Bonchev–Trinajstić information content (AvgIpc) is 3.40. The number of para-hydroxylation sites is 1. The van der Waals surface area contributed by atoms with E-state index in [2.05, 4.69) is 34.7 Å². The van der Waals surface area contributed by atoms with E-state index in [0.29, 0.717) is 11.9 Å². The summed E-state index contributed by atoms with van der Waals surface area (Å²) < 4.78 is 5.55. The van der Waals surface area contributed by atoms with Crippen LogP contribution in [0, 0.1) is 0 Å². The quantitative estimate of drug-likeness (QED) is 0.377. The molecule has 1 fully saturated rings. The lowest BCUT2D eigenvalue weighted by atomic mass is 9.88. The first kappa shape index (κ1) is 23.6. The Balaban J connectivity index is 1.30. The highest BCUT2D eigenvalue weighted by Crippen LogP contribution is 2.44. The molecule has 1 saturated heterocycles. The second kappa shape index (κ2) is 9.95. The lowest BCUT2D eigenvalue weighted by Gasteiger charge is -2.26. The van der Waals surface area contributed by atoms with Gasteiger partial charge in [-0.2, -0.15) is 0 Å². The molecule has 0 radical (unpaired) electrons. The van der Waals surface area contributed by atoms with Gasteiger partial charge in [0, 0.05) is 54.1 Å². The van der Waals surface area contributed by atoms with Gasteiger partial charge in [-0.15, -0.1) is 11.3 Å². The highest BCUT2D eigenvalue weighted by atomic mass is 32.1. The summed E-state index contributed by atoms with van der Waals surface area (Å²) in [5.74, 6) is 1.82. The molecule has 1 aliphatic heterocycles. The first-order valence-corrected chi connectivity index (χ1v) is 13.4. The van der Waals surface area contributed by atoms with Gasteiger partial charge in [0.1, 0.15) is 5.75 Å². The number of thiophene rings is 1. The zero-order chi connectivity index (χ0) is 25.4. The maximum Gasteiger partial charge on any atom is 0.264 e. The number of hydrogen-bond acceptors (Lipinski definition) is 7. The van der Waals surface area contributed by atoms with Crippen LogP contribution in [0.5, 0.6) is 5.75 Å². The number of nitrogens with one attached hydrogen (secondary N) is 2. The van der Waals surface area contributed by atoms with Crippen LogP contribution >= 0.6 is 11.3 Å². The summed E-state index contributed by atoms with van der Waals surface area (Å²) in [4.78, 5) is 26.7. The van der Waals surface area contributed by atoms with Gasteiger partial charge in [0.15, 0.2) is 0 Å². The summed E-state index contributed by atoms with van der Waals surface area (Å²) in [5.41, 5.74) is 6.07. The van der Waals surface area contributed by atoms with E-state index >= 15 is 0 Å². The van der Waals surface area contributed by atoms with Crippen molar-refractivity contribution in [3.63, 3.8) is 0 Å². The largest absolute Gasteiger partial charge is 0.496 e. The number of rotatable bonds is 5. The minimum Gasteiger partial charge on any atom is -0.496 e. The molecule has 1 atom stereocenters. The van der Waals surface area contributed by atoms with Crippen molar-refractivity contribution in [3.8, 4) is 28.1 Å². The maximum atomic E-state index is 13.2. The summed E-state index contributed by atoms with van der Waals surface area (Å²) in [6.07, 6.45) is 2.79. The van der Waals surface area contributed by atoms with E-state index in [1.807, 2.05) is 53.6 Å². The number of carbonyl (C=O) groups excluding carboxylic acids is 1. The highest BCUT2D eigenvalue weighted by molar-refractivity contribution is 7.14. The molecule has 8 heteroatoms. The fourth-order valence-electron chi connectivity index (χ4n) is 5.13. The molecule has 2 aromatic carbocycles. The molecule has 4 aromatic rings. The van der Waals surface area contributed by atoms with Crippen molar-refractivity contribution in [1.82, 2.24) is 20.2 Å². The van der Waals surface area contributed by atoms with Crippen molar-refractivity contribution < 1.29 is 9.53 Å². The predicted octanol–water partition coefficient (Wildman–Crippen LogP) is 5.33. The highest BCUT2D eigenvalue weighted by Gasteiger charge is 2.29. The molecule has 2 aliphatic rings. The molecule has 0 spiro atoms. The van der Waals surface area contributed by atoms with E-state index in [-0.39, 0.29) is 5.91 Å². The van der Waals surface area contributed by atoms with Gasteiger partial charge in [0.2, 0.25) is 5.95 Å². The number of nitrogens with zero attached hydrogens (tertiary/aromatic N) is 3. The molecule has 6 rings (SSSR count). The molecule has 37 heavy (non-hydrogen) atoms. The second-order valence-corrected chi connectivity index (χ2v) is 10.6. The van der Waals surface area contributed by atoms with Crippen LogP contribution in [0.25, 0.3) is 22.4 Å². The van der Waals surface area contributed by atoms with Crippen LogP contribution in [0.4, 0.5) is 11.6 Å². The summed E-state index contributed by atoms with van der Waals surface area (Å²) in [7, 11) is 1.68. The Morgan fingerprint density at radius 2 is 1.95 bits per heavy atom. The monoisotopic (exact) mass is 511 g/mol. The number of carbonyl (C=O) groups is 1. The minimum atomic E-state index is 0.121. The molecule has 3 heterocycles. The van der Waals surface area contributed by atoms with Crippen molar-refractivity contribution in [3.05, 3.63) is 76.1 Å². The van der Waals surface area contributed by atoms with Crippen LogP contribution in [-0.4, -0.2) is 54.1 Å². The van der Waals surface area contributed by atoms with Crippen LogP contribution in [0.3, 0.4) is 0 Å². The van der Waals surface area contributed by atoms with E-state index in [1.165, 1.54) is 4.88 Å². The van der Waals surface area contributed by atoms with Crippen LogP contribution in [0.15, 0.2) is 60.8 Å². The number of ether oxygens (including phenoxy) is 1. The Morgan fingerprint density at radius 1 is 1.11 bits per heavy atom. The van der Waals surface area contributed by atoms with Crippen molar-refractivity contribution >= 4 is 28.9 Å². The lowest BCUT2D eigenvalue weighted by molar-refractivity contribution is 0.0740. The number of methoxy groups -OCH3 is 1. The summed E-state index contributed by atoms with van der Waals surface area (Å²) in [5, 5.41) is 6.70. The third-order valence-corrected chi connectivity index (χ3v) is 8.36. The van der Waals surface area contributed by atoms with Gasteiger partial charge < -0.3 is 20.3 Å². The zero-order valence-corrected chi connectivity index (χ0v) is 21.8. The number of aromatic nitrogens is 2. The van der Waals surface area contributed by atoms with Gasteiger partial charge in [0.25, 0.3) is 5.91 Å². The molecule has 7 nitrogen and oxygen atoms in total. The fraction of sp³-hybridized carbons (Fsp3) is 0.276. The Morgan fingerprint density at radius 3 is 2.78 bits per heavy atom. The van der Waals surface area contributed by atoms with Gasteiger partial charge in [-0.1, -0.05) is 37.3 Å². The molecule has 2 aromatic heterocycles. The minimum absolute atomic E-state index is 0.121. The van der Waals surface area contributed by atoms with Gasteiger partial charge in [-0.3, -0.25) is 4.79 Å². The van der Waals surface area contributed by atoms with Crippen LogP contribution in [-0.2, 0) is 6.42 Å². The Bertz CT molecular complexity index is 1460. The van der Waals surface area contributed by atoms with Gasteiger partial charge in [-0.25, -0.2) is 9.97 Å². The van der Waals surface area contributed by atoms with Crippen molar-refractivity contribution in [1.29, 1.82) is 0 Å².